The van der Waals surface area contributed by atoms with Gasteiger partial charge in [0, 0.05) is 18.5 Å². The summed E-state index contributed by atoms with van der Waals surface area (Å²) in [5.41, 5.74) is 6.87. The van der Waals surface area contributed by atoms with E-state index in [1.54, 1.807) is 0 Å². The number of anilines is 2. The summed E-state index contributed by atoms with van der Waals surface area (Å²) in [6.45, 7) is 4.90. The van der Waals surface area contributed by atoms with Crippen LogP contribution in [0.15, 0.2) is 0 Å². The van der Waals surface area contributed by atoms with Crippen LogP contribution in [0.3, 0.4) is 0 Å². The fourth-order valence-corrected chi connectivity index (χ4v) is 2.78. The Morgan fingerprint density at radius 2 is 2.15 bits per heavy atom. The molecule has 0 aromatic carbocycles. The SMILES string of the molecule is CCCc1nc(N)c(C)c(NCC2CCCC(O)C2)n1. The molecular weight excluding hydrogens is 252 g/mol. The van der Waals surface area contributed by atoms with Crippen molar-refractivity contribution in [2.75, 3.05) is 17.6 Å². The van der Waals surface area contributed by atoms with Gasteiger partial charge in [0.05, 0.1) is 6.10 Å². The van der Waals surface area contributed by atoms with E-state index in [-0.39, 0.29) is 6.10 Å². The molecule has 0 radical (unpaired) electrons. The van der Waals surface area contributed by atoms with Gasteiger partial charge in [-0.3, -0.25) is 0 Å². The molecule has 0 aliphatic heterocycles. The summed E-state index contributed by atoms with van der Waals surface area (Å²) < 4.78 is 0. The van der Waals surface area contributed by atoms with Crippen LogP contribution >= 0.6 is 0 Å². The van der Waals surface area contributed by atoms with Crippen molar-refractivity contribution in [2.45, 2.75) is 58.5 Å². The van der Waals surface area contributed by atoms with Crippen molar-refractivity contribution in [2.24, 2.45) is 5.92 Å². The predicted molar refractivity (Wildman–Crippen MR) is 81.6 cm³/mol. The molecule has 0 spiro atoms. The van der Waals surface area contributed by atoms with Gasteiger partial charge in [-0.15, -0.1) is 0 Å². The molecule has 1 heterocycles. The molecule has 1 aliphatic carbocycles. The lowest BCUT2D eigenvalue weighted by Gasteiger charge is -2.26. The minimum Gasteiger partial charge on any atom is -0.393 e. The maximum atomic E-state index is 9.72. The molecule has 1 aromatic rings. The molecular formula is C15H26N4O. The zero-order valence-electron chi connectivity index (χ0n) is 12.5. The summed E-state index contributed by atoms with van der Waals surface area (Å²) >= 11 is 0. The number of rotatable bonds is 5. The van der Waals surface area contributed by atoms with Gasteiger partial charge in [0.25, 0.3) is 0 Å². The number of hydrogen-bond acceptors (Lipinski definition) is 5. The second-order valence-electron chi connectivity index (χ2n) is 5.82. The van der Waals surface area contributed by atoms with Crippen molar-refractivity contribution < 1.29 is 5.11 Å². The lowest BCUT2D eigenvalue weighted by Crippen LogP contribution is -2.25. The normalized spacial score (nSPS) is 22.8. The highest BCUT2D eigenvalue weighted by atomic mass is 16.3. The maximum absolute atomic E-state index is 9.72. The van der Waals surface area contributed by atoms with Crippen molar-refractivity contribution >= 4 is 11.6 Å². The zero-order chi connectivity index (χ0) is 14.5. The van der Waals surface area contributed by atoms with Crippen molar-refractivity contribution in [3.63, 3.8) is 0 Å². The maximum Gasteiger partial charge on any atom is 0.134 e. The molecule has 5 heteroatoms. The van der Waals surface area contributed by atoms with Crippen LogP contribution in [-0.4, -0.2) is 27.7 Å². The molecule has 2 atom stereocenters. The highest BCUT2D eigenvalue weighted by molar-refractivity contribution is 5.54. The smallest absolute Gasteiger partial charge is 0.134 e. The van der Waals surface area contributed by atoms with Crippen molar-refractivity contribution in [1.82, 2.24) is 9.97 Å². The van der Waals surface area contributed by atoms with Crippen LogP contribution < -0.4 is 11.1 Å². The predicted octanol–water partition coefficient (Wildman–Crippen LogP) is 2.28. The van der Waals surface area contributed by atoms with Gasteiger partial charge in [0.1, 0.15) is 17.5 Å². The first kappa shape index (κ1) is 15.0. The van der Waals surface area contributed by atoms with Gasteiger partial charge in [0.2, 0.25) is 0 Å². The standard InChI is InChI=1S/C15H26N4O/c1-3-5-13-18-14(16)10(2)15(19-13)17-9-11-6-4-7-12(20)8-11/h11-12,20H,3-9H2,1-2H3,(H3,16,17,18,19). The molecule has 112 valence electrons. The fraction of sp³-hybridized carbons (Fsp3) is 0.733. The fourth-order valence-electron chi connectivity index (χ4n) is 2.78. The minimum absolute atomic E-state index is 0.136. The Hall–Kier alpha value is -1.36. The highest BCUT2D eigenvalue weighted by Crippen LogP contribution is 2.25. The van der Waals surface area contributed by atoms with E-state index >= 15 is 0 Å². The number of nitrogens with one attached hydrogen (secondary N) is 1. The molecule has 20 heavy (non-hydrogen) atoms. The highest BCUT2D eigenvalue weighted by Gasteiger charge is 2.20. The van der Waals surface area contributed by atoms with Crippen LogP contribution in [0, 0.1) is 12.8 Å². The summed E-state index contributed by atoms with van der Waals surface area (Å²) in [5, 5.41) is 13.1. The molecule has 1 aromatic heterocycles. The molecule has 1 fully saturated rings. The van der Waals surface area contributed by atoms with E-state index in [0.29, 0.717) is 11.7 Å². The summed E-state index contributed by atoms with van der Waals surface area (Å²) in [5.74, 6) is 2.74. The van der Waals surface area contributed by atoms with Gasteiger partial charge >= 0.3 is 0 Å². The number of aliphatic hydroxyl groups is 1. The van der Waals surface area contributed by atoms with Crippen molar-refractivity contribution in [3.8, 4) is 0 Å². The van der Waals surface area contributed by atoms with Crippen molar-refractivity contribution in [3.05, 3.63) is 11.4 Å². The summed E-state index contributed by atoms with van der Waals surface area (Å²) in [6, 6.07) is 0. The van der Waals surface area contributed by atoms with Gasteiger partial charge in [-0.25, -0.2) is 9.97 Å². The molecule has 0 amide bonds. The van der Waals surface area contributed by atoms with E-state index in [4.69, 9.17) is 5.73 Å². The monoisotopic (exact) mass is 278 g/mol. The Morgan fingerprint density at radius 1 is 1.35 bits per heavy atom. The molecule has 1 aliphatic rings. The van der Waals surface area contributed by atoms with E-state index in [0.717, 1.165) is 55.9 Å². The van der Waals surface area contributed by atoms with E-state index in [9.17, 15) is 5.11 Å². The van der Waals surface area contributed by atoms with Crippen LogP contribution in [-0.2, 0) is 6.42 Å². The molecule has 5 nitrogen and oxygen atoms in total. The van der Waals surface area contributed by atoms with Gasteiger partial charge in [-0.2, -0.15) is 0 Å². The Morgan fingerprint density at radius 3 is 2.85 bits per heavy atom. The average Bonchev–Trinajstić information content (AvgIpc) is 2.41. The van der Waals surface area contributed by atoms with Crippen LogP contribution in [0.4, 0.5) is 11.6 Å². The summed E-state index contributed by atoms with van der Waals surface area (Å²) in [7, 11) is 0. The van der Waals surface area contributed by atoms with E-state index in [1.165, 1.54) is 6.42 Å². The third kappa shape index (κ3) is 3.82. The molecule has 0 saturated heterocycles. The third-order valence-electron chi connectivity index (χ3n) is 4.02. The first-order chi connectivity index (χ1) is 9.60. The van der Waals surface area contributed by atoms with Gasteiger partial charge < -0.3 is 16.2 Å². The first-order valence-corrected chi connectivity index (χ1v) is 7.65. The number of aryl methyl sites for hydroxylation is 1. The average molecular weight is 278 g/mol. The van der Waals surface area contributed by atoms with Crippen LogP contribution in [0.5, 0.6) is 0 Å². The number of aromatic nitrogens is 2. The van der Waals surface area contributed by atoms with Gasteiger partial charge in [0.15, 0.2) is 0 Å². The topological polar surface area (TPSA) is 84.1 Å². The lowest BCUT2D eigenvalue weighted by molar-refractivity contribution is 0.104. The quantitative estimate of drug-likeness (QED) is 0.769. The lowest BCUT2D eigenvalue weighted by atomic mass is 9.87. The number of nitrogen functional groups attached to an aromatic ring is 1. The zero-order valence-corrected chi connectivity index (χ0v) is 12.5. The Labute approximate surface area is 121 Å². The van der Waals surface area contributed by atoms with Crippen LogP contribution in [0.1, 0.15) is 50.4 Å². The first-order valence-electron chi connectivity index (χ1n) is 7.65. The molecule has 1 saturated carbocycles. The van der Waals surface area contributed by atoms with Gasteiger partial charge in [-0.05, 0) is 38.5 Å². The second-order valence-corrected chi connectivity index (χ2v) is 5.82. The Kier molecular flexibility index (Phi) is 5.17. The second kappa shape index (κ2) is 6.88. The van der Waals surface area contributed by atoms with E-state index in [2.05, 4.69) is 22.2 Å². The van der Waals surface area contributed by atoms with E-state index < -0.39 is 0 Å². The number of aliphatic hydroxyl groups excluding tert-OH is 1. The number of hydrogen-bond donors (Lipinski definition) is 3. The van der Waals surface area contributed by atoms with E-state index in [1.807, 2.05) is 6.92 Å². The number of nitrogens with two attached hydrogens (primary N) is 1. The Bertz CT molecular complexity index is 450. The number of nitrogens with zero attached hydrogens (tertiary/aromatic N) is 2. The molecule has 2 unspecified atom stereocenters. The molecule has 0 bridgehead atoms. The summed E-state index contributed by atoms with van der Waals surface area (Å²) in [6.07, 6.45) is 5.83. The third-order valence-corrected chi connectivity index (χ3v) is 4.02. The molecule has 4 N–H and O–H groups in total. The van der Waals surface area contributed by atoms with Crippen LogP contribution in [0.25, 0.3) is 0 Å². The largest absolute Gasteiger partial charge is 0.393 e. The van der Waals surface area contributed by atoms with Crippen molar-refractivity contribution in [1.29, 1.82) is 0 Å². The summed E-state index contributed by atoms with van der Waals surface area (Å²) in [4.78, 5) is 8.88. The van der Waals surface area contributed by atoms with Crippen LogP contribution in [0.2, 0.25) is 0 Å². The molecule has 2 rings (SSSR count). The van der Waals surface area contributed by atoms with Gasteiger partial charge in [-0.1, -0.05) is 13.3 Å². The Balaban J connectivity index is 2.00. The minimum atomic E-state index is -0.136.